The van der Waals surface area contributed by atoms with Crippen LogP contribution in [-0.2, 0) is 14.8 Å². The van der Waals surface area contributed by atoms with Crippen molar-refractivity contribution in [2.45, 2.75) is 4.90 Å². The molecule has 0 saturated heterocycles. The van der Waals surface area contributed by atoms with Gasteiger partial charge in [-0.05, 0) is 24.3 Å². The molecule has 0 aliphatic carbocycles. The highest BCUT2D eigenvalue weighted by atomic mass is 79.9. The summed E-state index contributed by atoms with van der Waals surface area (Å²) in [7, 11) is -2.34. The van der Waals surface area contributed by atoms with E-state index in [-0.39, 0.29) is 11.4 Å². The quantitative estimate of drug-likeness (QED) is 0.832. The zero-order valence-electron chi connectivity index (χ0n) is 9.64. The van der Waals surface area contributed by atoms with Gasteiger partial charge in [0.15, 0.2) is 0 Å². The molecule has 0 fully saturated rings. The summed E-state index contributed by atoms with van der Waals surface area (Å²) in [5, 5.41) is 0. The number of rotatable bonds is 5. The third kappa shape index (κ3) is 3.94. The van der Waals surface area contributed by atoms with Gasteiger partial charge in [0, 0.05) is 11.0 Å². The molecule has 7 heteroatoms. The second kappa shape index (κ2) is 6.12. The van der Waals surface area contributed by atoms with Crippen LogP contribution in [0.5, 0.6) is 0 Å². The van der Waals surface area contributed by atoms with Crippen molar-refractivity contribution < 1.29 is 17.9 Å². The van der Waals surface area contributed by atoms with E-state index in [9.17, 15) is 13.2 Å². The Kier molecular flexibility index (Phi) is 5.06. The largest absolute Gasteiger partial charge is 0.465 e. The molecule has 0 unspecified atom stereocenters. The number of hydrogen-bond acceptors (Lipinski definition) is 4. The fourth-order valence-electron chi connectivity index (χ4n) is 1.14. The number of carbonyl (C=O) groups is 1. The van der Waals surface area contributed by atoms with Gasteiger partial charge in [0.2, 0.25) is 10.0 Å². The predicted molar refractivity (Wildman–Crippen MR) is 71.0 cm³/mol. The van der Waals surface area contributed by atoms with E-state index in [1.807, 2.05) is 0 Å². The number of nitrogens with one attached hydrogen (secondary N) is 1. The Morgan fingerprint density at radius 2 is 1.94 bits per heavy atom. The lowest BCUT2D eigenvalue weighted by Crippen LogP contribution is -2.24. The van der Waals surface area contributed by atoms with Crippen LogP contribution in [-0.4, -0.2) is 28.0 Å². The fourth-order valence-corrected chi connectivity index (χ4v) is 2.50. The molecule has 0 spiro atoms. The van der Waals surface area contributed by atoms with Crippen molar-refractivity contribution in [2.24, 2.45) is 0 Å². The van der Waals surface area contributed by atoms with E-state index in [1.165, 1.54) is 31.4 Å². The molecule has 0 heterocycles. The SMILES string of the molecule is C=C(Br)CNS(=O)(=O)c1ccc(C(=O)OC)cc1. The highest BCUT2D eigenvalue weighted by molar-refractivity contribution is 9.11. The molecule has 0 aromatic heterocycles. The third-order valence-electron chi connectivity index (χ3n) is 2.04. The van der Waals surface area contributed by atoms with E-state index >= 15 is 0 Å². The first kappa shape index (κ1) is 14.9. The van der Waals surface area contributed by atoms with Crippen LogP contribution >= 0.6 is 15.9 Å². The van der Waals surface area contributed by atoms with Gasteiger partial charge in [-0.1, -0.05) is 22.5 Å². The monoisotopic (exact) mass is 333 g/mol. The molecule has 1 rings (SSSR count). The first-order valence-electron chi connectivity index (χ1n) is 4.88. The minimum absolute atomic E-state index is 0.0731. The number of methoxy groups -OCH3 is 1. The highest BCUT2D eigenvalue weighted by Gasteiger charge is 2.14. The van der Waals surface area contributed by atoms with Crippen LogP contribution in [0.1, 0.15) is 10.4 Å². The molecular weight excluding hydrogens is 322 g/mol. The van der Waals surface area contributed by atoms with Gasteiger partial charge in [0.25, 0.3) is 0 Å². The zero-order valence-corrected chi connectivity index (χ0v) is 12.0. The highest BCUT2D eigenvalue weighted by Crippen LogP contribution is 2.12. The number of hydrogen-bond donors (Lipinski definition) is 1. The lowest BCUT2D eigenvalue weighted by Gasteiger charge is -2.06. The van der Waals surface area contributed by atoms with Gasteiger partial charge in [-0.15, -0.1) is 0 Å². The summed E-state index contributed by atoms with van der Waals surface area (Å²) < 4.78 is 31.0. The molecule has 0 radical (unpaired) electrons. The Bertz CT molecular complexity index is 551. The number of carbonyl (C=O) groups excluding carboxylic acids is 1. The summed E-state index contributed by atoms with van der Waals surface area (Å²) in [5.41, 5.74) is 0.293. The maximum atomic E-state index is 11.8. The average Bonchev–Trinajstić information content (AvgIpc) is 2.36. The standard InChI is InChI=1S/C11H12BrNO4S/c1-8(12)7-13-18(15,16)10-5-3-9(4-6-10)11(14)17-2/h3-6,13H,1,7H2,2H3. The Morgan fingerprint density at radius 3 is 2.39 bits per heavy atom. The van der Waals surface area contributed by atoms with E-state index < -0.39 is 16.0 Å². The fraction of sp³-hybridized carbons (Fsp3) is 0.182. The minimum atomic E-state index is -3.60. The maximum absolute atomic E-state index is 11.8. The molecule has 1 N–H and O–H groups in total. The average molecular weight is 334 g/mol. The second-order valence-corrected chi connectivity index (χ2v) is 6.25. The first-order valence-corrected chi connectivity index (χ1v) is 7.16. The van der Waals surface area contributed by atoms with E-state index in [4.69, 9.17) is 0 Å². The molecule has 0 aliphatic heterocycles. The number of esters is 1. The molecule has 1 aromatic rings. The topological polar surface area (TPSA) is 72.5 Å². The Balaban J connectivity index is 2.91. The normalized spacial score (nSPS) is 11.0. The molecular formula is C11H12BrNO4S. The van der Waals surface area contributed by atoms with Crippen molar-refractivity contribution in [3.05, 3.63) is 40.9 Å². The van der Waals surface area contributed by atoms with Crippen molar-refractivity contribution in [3.8, 4) is 0 Å². The maximum Gasteiger partial charge on any atom is 0.337 e. The number of ether oxygens (including phenoxy) is 1. The van der Waals surface area contributed by atoms with Crippen molar-refractivity contribution >= 4 is 31.9 Å². The predicted octanol–water partition coefficient (Wildman–Crippen LogP) is 1.66. The third-order valence-corrected chi connectivity index (χ3v) is 3.74. The van der Waals surface area contributed by atoms with Gasteiger partial charge in [0.05, 0.1) is 17.6 Å². The van der Waals surface area contributed by atoms with Crippen molar-refractivity contribution in [1.29, 1.82) is 0 Å². The van der Waals surface area contributed by atoms with Gasteiger partial charge in [0.1, 0.15) is 0 Å². The van der Waals surface area contributed by atoms with E-state index in [1.54, 1.807) is 0 Å². The van der Waals surface area contributed by atoms with Crippen LogP contribution in [0.4, 0.5) is 0 Å². The van der Waals surface area contributed by atoms with Crippen LogP contribution in [0.15, 0.2) is 40.2 Å². The van der Waals surface area contributed by atoms with Gasteiger partial charge in [-0.25, -0.2) is 17.9 Å². The van der Waals surface area contributed by atoms with Crippen molar-refractivity contribution in [2.75, 3.05) is 13.7 Å². The van der Waals surface area contributed by atoms with Crippen LogP contribution in [0.2, 0.25) is 0 Å². The molecule has 0 bridgehead atoms. The Labute approximate surface area is 114 Å². The van der Waals surface area contributed by atoms with E-state index in [0.717, 1.165) is 0 Å². The molecule has 18 heavy (non-hydrogen) atoms. The number of halogens is 1. The molecule has 0 atom stereocenters. The molecule has 0 amide bonds. The second-order valence-electron chi connectivity index (χ2n) is 3.36. The zero-order chi connectivity index (χ0) is 13.8. The lowest BCUT2D eigenvalue weighted by atomic mass is 10.2. The summed E-state index contributed by atoms with van der Waals surface area (Å²) in [5.74, 6) is -0.513. The summed E-state index contributed by atoms with van der Waals surface area (Å²) in [6.07, 6.45) is 0. The Hall–Kier alpha value is -1.18. The van der Waals surface area contributed by atoms with E-state index in [2.05, 4.69) is 32.0 Å². The van der Waals surface area contributed by atoms with Crippen molar-refractivity contribution in [3.63, 3.8) is 0 Å². The molecule has 0 saturated carbocycles. The van der Waals surface area contributed by atoms with Crippen LogP contribution in [0.25, 0.3) is 0 Å². The van der Waals surface area contributed by atoms with Gasteiger partial charge in [-0.2, -0.15) is 0 Å². The summed E-state index contributed by atoms with van der Waals surface area (Å²) in [4.78, 5) is 11.3. The molecule has 5 nitrogen and oxygen atoms in total. The summed E-state index contributed by atoms with van der Waals surface area (Å²) >= 11 is 3.06. The number of benzene rings is 1. The van der Waals surface area contributed by atoms with Crippen LogP contribution < -0.4 is 4.72 Å². The smallest absolute Gasteiger partial charge is 0.337 e. The van der Waals surface area contributed by atoms with Gasteiger partial charge < -0.3 is 4.74 Å². The molecule has 98 valence electrons. The Morgan fingerprint density at radius 1 is 1.39 bits per heavy atom. The summed E-state index contributed by atoms with van der Waals surface area (Å²) in [6, 6.07) is 5.46. The summed E-state index contributed by atoms with van der Waals surface area (Å²) in [6.45, 7) is 3.63. The number of sulfonamides is 1. The van der Waals surface area contributed by atoms with E-state index in [0.29, 0.717) is 10.0 Å². The lowest BCUT2D eigenvalue weighted by molar-refractivity contribution is 0.0600. The molecule has 0 aliphatic rings. The van der Waals surface area contributed by atoms with Crippen LogP contribution in [0.3, 0.4) is 0 Å². The van der Waals surface area contributed by atoms with Gasteiger partial charge >= 0.3 is 5.97 Å². The van der Waals surface area contributed by atoms with Crippen LogP contribution in [0, 0.1) is 0 Å². The van der Waals surface area contributed by atoms with Gasteiger partial charge in [-0.3, -0.25) is 0 Å². The first-order chi connectivity index (χ1) is 8.36. The molecule has 1 aromatic carbocycles. The minimum Gasteiger partial charge on any atom is -0.465 e. The van der Waals surface area contributed by atoms with Crippen molar-refractivity contribution in [1.82, 2.24) is 4.72 Å².